The Balaban J connectivity index is 1.61. The number of ether oxygens (including phenoxy) is 1. The van der Waals surface area contributed by atoms with Crippen LogP contribution >= 0.6 is 0 Å². The fraction of sp³-hybridized carbons (Fsp3) is 0.458. The number of carbonyl (C=O) groups is 1. The topological polar surface area (TPSA) is 66.9 Å². The van der Waals surface area contributed by atoms with Crippen LogP contribution in [0.5, 0.6) is 5.75 Å². The molecule has 0 radical (unpaired) electrons. The summed E-state index contributed by atoms with van der Waals surface area (Å²) in [4.78, 5) is 15.0. The van der Waals surface area contributed by atoms with Gasteiger partial charge in [-0.1, -0.05) is 58.0 Å². The summed E-state index contributed by atoms with van der Waals surface area (Å²) in [6, 6.07) is 16.3. The highest BCUT2D eigenvalue weighted by Gasteiger charge is 2.32. The highest BCUT2D eigenvalue weighted by atomic mass is 32.2. The molecule has 168 valence electrons. The lowest BCUT2D eigenvalue weighted by atomic mass is 9.87. The predicted octanol–water partition coefficient (Wildman–Crippen LogP) is 3.67. The van der Waals surface area contributed by atoms with E-state index in [0.717, 1.165) is 0 Å². The third-order valence-corrected chi connectivity index (χ3v) is 7.49. The number of benzene rings is 2. The highest BCUT2D eigenvalue weighted by Crippen LogP contribution is 2.25. The number of rotatable bonds is 6. The molecule has 0 N–H and O–H groups in total. The number of hydrogen-bond donors (Lipinski definition) is 0. The zero-order valence-electron chi connectivity index (χ0n) is 18.7. The molecule has 0 spiro atoms. The third kappa shape index (κ3) is 5.46. The molecule has 6 nitrogen and oxygen atoms in total. The Kier molecular flexibility index (Phi) is 7.06. The monoisotopic (exact) mass is 444 g/mol. The molecule has 2 aromatic rings. The van der Waals surface area contributed by atoms with Gasteiger partial charge in [0.05, 0.1) is 4.90 Å². The Hall–Kier alpha value is -2.38. The van der Waals surface area contributed by atoms with Crippen molar-refractivity contribution in [1.82, 2.24) is 9.21 Å². The second-order valence-electron chi connectivity index (χ2n) is 8.83. The van der Waals surface area contributed by atoms with Gasteiger partial charge in [0.25, 0.3) is 5.91 Å². The maximum Gasteiger partial charge on any atom is 0.263 e. The van der Waals surface area contributed by atoms with E-state index >= 15 is 0 Å². The second-order valence-corrected chi connectivity index (χ2v) is 10.8. The van der Waals surface area contributed by atoms with E-state index in [9.17, 15) is 13.2 Å². The van der Waals surface area contributed by atoms with Crippen molar-refractivity contribution < 1.29 is 17.9 Å². The van der Waals surface area contributed by atoms with Crippen molar-refractivity contribution >= 4 is 15.9 Å². The molecule has 1 atom stereocenters. The van der Waals surface area contributed by atoms with Crippen LogP contribution in [-0.2, 0) is 20.2 Å². The first kappa shape index (κ1) is 23.3. The predicted molar refractivity (Wildman–Crippen MR) is 122 cm³/mol. The van der Waals surface area contributed by atoms with Crippen molar-refractivity contribution in [3.05, 3.63) is 60.2 Å². The Labute approximate surface area is 185 Å². The largest absolute Gasteiger partial charge is 0.481 e. The molecule has 0 saturated carbocycles. The van der Waals surface area contributed by atoms with E-state index in [1.807, 2.05) is 31.2 Å². The molecule has 1 aliphatic heterocycles. The molecule has 1 amide bonds. The van der Waals surface area contributed by atoms with Crippen LogP contribution in [0.4, 0.5) is 0 Å². The highest BCUT2D eigenvalue weighted by molar-refractivity contribution is 7.89. The Bertz CT molecular complexity index is 974. The summed E-state index contributed by atoms with van der Waals surface area (Å²) in [6.45, 7) is 9.64. The van der Waals surface area contributed by atoms with Gasteiger partial charge in [0.1, 0.15) is 5.75 Å². The lowest BCUT2D eigenvalue weighted by Crippen LogP contribution is -2.53. The lowest BCUT2D eigenvalue weighted by molar-refractivity contribution is -0.140. The maximum absolute atomic E-state index is 13.0. The SMILES string of the molecule is CC[C@H](Oc1ccc(C(C)(C)C)cc1)C(=O)N1CCN(S(=O)(=O)c2ccccc2)CC1. The average molecular weight is 445 g/mol. The minimum absolute atomic E-state index is 0.0538. The van der Waals surface area contributed by atoms with E-state index in [1.165, 1.54) is 9.87 Å². The standard InChI is InChI=1S/C24H32N2O4S/c1-5-22(30-20-13-11-19(12-14-20)24(2,3)4)23(27)25-15-17-26(18-16-25)31(28,29)21-9-7-6-8-10-21/h6-14,22H,5,15-18H2,1-4H3/t22-/m0/s1. The van der Waals surface area contributed by atoms with Gasteiger partial charge in [0, 0.05) is 26.2 Å². The lowest BCUT2D eigenvalue weighted by Gasteiger charge is -2.35. The van der Waals surface area contributed by atoms with Crippen LogP contribution in [0.1, 0.15) is 39.7 Å². The molecule has 1 fully saturated rings. The van der Waals surface area contributed by atoms with Crippen LogP contribution in [0, 0.1) is 0 Å². The van der Waals surface area contributed by atoms with Gasteiger partial charge >= 0.3 is 0 Å². The summed E-state index contributed by atoms with van der Waals surface area (Å²) in [6.07, 6.45) is -0.0414. The maximum atomic E-state index is 13.0. The molecule has 0 unspecified atom stereocenters. The number of carbonyl (C=O) groups excluding carboxylic acids is 1. The van der Waals surface area contributed by atoms with Crippen LogP contribution in [0.3, 0.4) is 0 Å². The summed E-state index contributed by atoms with van der Waals surface area (Å²) in [7, 11) is -3.54. The van der Waals surface area contributed by atoms with Crippen molar-refractivity contribution in [2.75, 3.05) is 26.2 Å². The van der Waals surface area contributed by atoms with E-state index in [4.69, 9.17) is 4.74 Å². The quantitative estimate of drug-likeness (QED) is 0.682. The van der Waals surface area contributed by atoms with Gasteiger partial charge in [-0.2, -0.15) is 4.31 Å². The first-order valence-electron chi connectivity index (χ1n) is 10.7. The Morgan fingerprint density at radius 1 is 0.968 bits per heavy atom. The molecular formula is C24H32N2O4S. The van der Waals surface area contributed by atoms with Gasteiger partial charge in [-0.3, -0.25) is 4.79 Å². The van der Waals surface area contributed by atoms with Crippen molar-refractivity contribution in [2.45, 2.75) is 50.5 Å². The molecular weight excluding hydrogens is 412 g/mol. The summed E-state index contributed by atoms with van der Waals surface area (Å²) >= 11 is 0. The van der Waals surface area contributed by atoms with Crippen LogP contribution in [0.25, 0.3) is 0 Å². The van der Waals surface area contributed by atoms with E-state index in [1.54, 1.807) is 35.2 Å². The molecule has 1 aliphatic rings. The fourth-order valence-electron chi connectivity index (χ4n) is 3.60. The van der Waals surface area contributed by atoms with Gasteiger partial charge in [0.2, 0.25) is 10.0 Å². The summed E-state index contributed by atoms with van der Waals surface area (Å²) in [5.74, 6) is 0.567. The van der Waals surface area contributed by atoms with Gasteiger partial charge in [0.15, 0.2) is 6.10 Å². The van der Waals surface area contributed by atoms with Crippen molar-refractivity contribution in [1.29, 1.82) is 0 Å². The number of nitrogens with zero attached hydrogens (tertiary/aromatic N) is 2. The average Bonchev–Trinajstić information content (AvgIpc) is 2.77. The first-order chi connectivity index (χ1) is 14.6. The zero-order valence-corrected chi connectivity index (χ0v) is 19.6. The first-order valence-corrected chi connectivity index (χ1v) is 12.2. The van der Waals surface area contributed by atoms with Crippen LogP contribution in [0.15, 0.2) is 59.5 Å². The van der Waals surface area contributed by atoms with Crippen LogP contribution < -0.4 is 4.74 Å². The molecule has 0 aliphatic carbocycles. The minimum atomic E-state index is -3.54. The van der Waals surface area contributed by atoms with Crippen molar-refractivity contribution in [3.63, 3.8) is 0 Å². The van der Waals surface area contributed by atoms with E-state index in [-0.39, 0.29) is 29.3 Å². The van der Waals surface area contributed by atoms with Gasteiger partial charge in [-0.25, -0.2) is 8.42 Å². The van der Waals surface area contributed by atoms with Gasteiger partial charge in [-0.05, 0) is 41.7 Å². The summed E-state index contributed by atoms with van der Waals surface area (Å²) in [5, 5.41) is 0. The number of amides is 1. The number of hydrogen-bond acceptors (Lipinski definition) is 4. The molecule has 1 saturated heterocycles. The van der Waals surface area contributed by atoms with E-state index < -0.39 is 16.1 Å². The molecule has 1 heterocycles. The van der Waals surface area contributed by atoms with Crippen molar-refractivity contribution in [3.8, 4) is 5.75 Å². The molecule has 3 rings (SSSR count). The van der Waals surface area contributed by atoms with Gasteiger partial charge in [-0.15, -0.1) is 0 Å². The summed E-state index contributed by atoms with van der Waals surface area (Å²) in [5.41, 5.74) is 1.26. The molecule has 0 bridgehead atoms. The number of sulfonamides is 1. The smallest absolute Gasteiger partial charge is 0.263 e. The minimum Gasteiger partial charge on any atom is -0.481 e. The normalized spacial score (nSPS) is 16.7. The molecule has 31 heavy (non-hydrogen) atoms. The van der Waals surface area contributed by atoms with E-state index in [0.29, 0.717) is 25.3 Å². The van der Waals surface area contributed by atoms with Gasteiger partial charge < -0.3 is 9.64 Å². The van der Waals surface area contributed by atoms with Crippen LogP contribution in [0.2, 0.25) is 0 Å². The summed E-state index contributed by atoms with van der Waals surface area (Å²) < 4.78 is 33.0. The number of piperazine rings is 1. The molecule has 0 aromatic heterocycles. The third-order valence-electron chi connectivity index (χ3n) is 5.58. The molecule has 7 heteroatoms. The zero-order chi connectivity index (χ0) is 22.6. The fourth-order valence-corrected chi connectivity index (χ4v) is 5.04. The van der Waals surface area contributed by atoms with E-state index in [2.05, 4.69) is 20.8 Å². The Morgan fingerprint density at radius 3 is 2.06 bits per heavy atom. The van der Waals surface area contributed by atoms with Crippen LogP contribution in [-0.4, -0.2) is 55.8 Å². The molecule has 2 aromatic carbocycles. The Morgan fingerprint density at radius 2 is 1.55 bits per heavy atom. The van der Waals surface area contributed by atoms with Crippen molar-refractivity contribution in [2.24, 2.45) is 0 Å². The second kappa shape index (κ2) is 9.40.